The van der Waals surface area contributed by atoms with Crippen LogP contribution < -0.4 is 0 Å². The molecular formula is C20H19ClF2N4O. The minimum atomic E-state index is -1.32. The van der Waals surface area contributed by atoms with Gasteiger partial charge in [0, 0.05) is 11.6 Å². The van der Waals surface area contributed by atoms with Crippen LogP contribution in [0, 0.1) is 11.2 Å². The molecule has 8 heteroatoms. The zero-order valence-electron chi connectivity index (χ0n) is 14.9. The van der Waals surface area contributed by atoms with E-state index in [1.807, 2.05) is 0 Å². The predicted molar refractivity (Wildman–Crippen MR) is 106 cm³/mol. The number of guanidine groups is 1. The van der Waals surface area contributed by atoms with Gasteiger partial charge in [0.05, 0.1) is 13.1 Å². The molecule has 1 aliphatic rings. The van der Waals surface area contributed by atoms with Crippen molar-refractivity contribution < 1.29 is 14.0 Å². The van der Waals surface area contributed by atoms with E-state index in [9.17, 15) is 14.0 Å². The molecule has 2 aromatic rings. The van der Waals surface area contributed by atoms with Gasteiger partial charge in [-0.25, -0.2) is 18.8 Å². The first-order valence-corrected chi connectivity index (χ1v) is 8.98. The summed E-state index contributed by atoms with van der Waals surface area (Å²) in [5, 5.41) is 19.3. The Morgan fingerprint density at radius 1 is 1.25 bits per heavy atom. The Bertz CT molecular complexity index is 884. The third-order valence-electron chi connectivity index (χ3n) is 4.30. The summed E-state index contributed by atoms with van der Waals surface area (Å²) in [6.07, 6.45) is 1.45. The number of rotatable bonds is 4. The van der Waals surface area contributed by atoms with Crippen LogP contribution in [0.25, 0.3) is 5.57 Å². The van der Waals surface area contributed by atoms with E-state index in [0.717, 1.165) is 17.0 Å². The van der Waals surface area contributed by atoms with Gasteiger partial charge in [-0.1, -0.05) is 41.9 Å². The zero-order valence-corrected chi connectivity index (χ0v) is 15.7. The van der Waals surface area contributed by atoms with E-state index >= 15 is 0 Å². The highest BCUT2D eigenvalue weighted by Gasteiger charge is 2.24. The number of hydrogen-bond acceptors (Lipinski definition) is 2. The average molecular weight is 405 g/mol. The third kappa shape index (κ3) is 5.15. The van der Waals surface area contributed by atoms with Crippen LogP contribution in [0.15, 0.2) is 59.6 Å². The monoisotopic (exact) mass is 404 g/mol. The number of aliphatic imine (C=N–C) groups is 1. The molecule has 146 valence electrons. The Labute approximate surface area is 166 Å². The second kappa shape index (κ2) is 8.95. The number of halogens is 3. The fourth-order valence-corrected chi connectivity index (χ4v) is 2.96. The van der Waals surface area contributed by atoms with Gasteiger partial charge in [-0.3, -0.25) is 10.6 Å². The predicted octanol–water partition coefficient (Wildman–Crippen LogP) is 4.37. The Balaban J connectivity index is 1.58. The molecule has 1 heterocycles. The Kier molecular flexibility index (Phi) is 6.38. The SMILES string of the molecule is N=C(/N=C\N(O)Cc1ccc(Cl)cc1)N1CC=C(c2ccc(F)cc2)C(F)C1. The fourth-order valence-electron chi connectivity index (χ4n) is 2.84. The maximum Gasteiger partial charge on any atom is 0.219 e. The van der Waals surface area contributed by atoms with E-state index in [-0.39, 0.29) is 24.9 Å². The van der Waals surface area contributed by atoms with Crippen molar-refractivity contribution in [3.05, 3.63) is 76.6 Å². The number of hydrogen-bond donors (Lipinski definition) is 2. The Morgan fingerprint density at radius 3 is 2.57 bits per heavy atom. The summed E-state index contributed by atoms with van der Waals surface area (Å²) in [5.41, 5.74) is 1.91. The minimum Gasteiger partial charge on any atom is -0.334 e. The molecule has 28 heavy (non-hydrogen) atoms. The molecule has 5 nitrogen and oxygen atoms in total. The smallest absolute Gasteiger partial charge is 0.219 e. The molecule has 0 aliphatic carbocycles. The summed E-state index contributed by atoms with van der Waals surface area (Å²) in [6, 6.07) is 12.6. The number of benzene rings is 2. The molecule has 1 unspecified atom stereocenters. The van der Waals surface area contributed by atoms with E-state index in [0.29, 0.717) is 22.7 Å². The summed E-state index contributed by atoms with van der Waals surface area (Å²) in [5.74, 6) is -0.535. The highest BCUT2D eigenvalue weighted by atomic mass is 35.5. The molecule has 0 saturated heterocycles. The first-order valence-electron chi connectivity index (χ1n) is 8.60. The lowest BCUT2D eigenvalue weighted by molar-refractivity contribution is -0.0164. The van der Waals surface area contributed by atoms with Crippen LogP contribution in [0.3, 0.4) is 0 Å². The molecule has 0 fully saturated rings. The van der Waals surface area contributed by atoms with E-state index < -0.39 is 6.17 Å². The lowest BCUT2D eigenvalue weighted by Crippen LogP contribution is -2.39. The van der Waals surface area contributed by atoms with Gasteiger partial charge < -0.3 is 4.90 Å². The quantitative estimate of drug-likeness (QED) is 0.452. The summed E-state index contributed by atoms with van der Waals surface area (Å²) in [6.45, 7) is 0.433. The Morgan fingerprint density at radius 2 is 1.93 bits per heavy atom. The number of nitrogens with one attached hydrogen (secondary N) is 1. The lowest BCUT2D eigenvalue weighted by Gasteiger charge is -2.29. The van der Waals surface area contributed by atoms with Gasteiger partial charge in [-0.15, -0.1) is 0 Å². The number of nitrogens with zero attached hydrogens (tertiary/aromatic N) is 3. The molecule has 0 bridgehead atoms. The summed E-state index contributed by atoms with van der Waals surface area (Å²) in [7, 11) is 0. The first-order chi connectivity index (χ1) is 13.4. The highest BCUT2D eigenvalue weighted by molar-refractivity contribution is 6.30. The van der Waals surface area contributed by atoms with Crippen molar-refractivity contribution in [3.63, 3.8) is 0 Å². The second-order valence-electron chi connectivity index (χ2n) is 6.33. The second-order valence-corrected chi connectivity index (χ2v) is 6.77. The van der Waals surface area contributed by atoms with Crippen molar-refractivity contribution in [2.45, 2.75) is 12.7 Å². The largest absolute Gasteiger partial charge is 0.334 e. The summed E-state index contributed by atoms with van der Waals surface area (Å²) >= 11 is 5.82. The minimum absolute atomic E-state index is 0.0397. The zero-order chi connectivity index (χ0) is 20.1. The molecule has 0 saturated carbocycles. The average Bonchev–Trinajstić information content (AvgIpc) is 2.68. The summed E-state index contributed by atoms with van der Waals surface area (Å²) in [4.78, 5) is 5.34. The van der Waals surface area contributed by atoms with Crippen molar-refractivity contribution in [2.75, 3.05) is 13.1 Å². The standard InChI is InChI=1S/C20H19ClF2N4O/c21-16-5-1-14(2-6-16)11-27(28)13-25-20(24)26-10-9-18(19(23)12-26)15-3-7-17(22)8-4-15/h1-9,13,19,24,28H,10-12H2/b24-20?,25-13-. The summed E-state index contributed by atoms with van der Waals surface area (Å²) < 4.78 is 27.6. The van der Waals surface area contributed by atoms with Crippen molar-refractivity contribution in [3.8, 4) is 0 Å². The lowest BCUT2D eigenvalue weighted by atomic mass is 9.98. The number of alkyl halides is 1. The topological polar surface area (TPSA) is 62.9 Å². The van der Waals surface area contributed by atoms with Gasteiger partial charge in [0.15, 0.2) is 0 Å². The van der Waals surface area contributed by atoms with Gasteiger partial charge in [0.25, 0.3) is 0 Å². The van der Waals surface area contributed by atoms with Crippen LogP contribution in [-0.2, 0) is 6.54 Å². The van der Waals surface area contributed by atoms with Gasteiger partial charge in [0.2, 0.25) is 5.96 Å². The molecule has 0 radical (unpaired) electrons. The van der Waals surface area contributed by atoms with Crippen molar-refractivity contribution in [2.24, 2.45) is 4.99 Å². The Hall–Kier alpha value is -2.77. The van der Waals surface area contributed by atoms with Gasteiger partial charge in [-0.05, 0) is 41.0 Å². The molecule has 0 spiro atoms. The molecule has 3 rings (SSSR count). The van der Waals surface area contributed by atoms with Crippen molar-refractivity contribution in [1.82, 2.24) is 9.96 Å². The van der Waals surface area contributed by atoms with E-state index in [1.54, 1.807) is 30.3 Å². The molecule has 2 aromatic carbocycles. The van der Waals surface area contributed by atoms with Gasteiger partial charge in [-0.2, -0.15) is 0 Å². The highest BCUT2D eigenvalue weighted by Crippen LogP contribution is 2.25. The van der Waals surface area contributed by atoms with Crippen LogP contribution in [0.4, 0.5) is 8.78 Å². The fraction of sp³-hybridized carbons (Fsp3) is 0.200. The van der Waals surface area contributed by atoms with Crippen LogP contribution in [0.2, 0.25) is 5.02 Å². The van der Waals surface area contributed by atoms with E-state index in [2.05, 4.69) is 4.99 Å². The van der Waals surface area contributed by atoms with Crippen molar-refractivity contribution in [1.29, 1.82) is 5.41 Å². The molecule has 2 N–H and O–H groups in total. The number of hydroxylamine groups is 2. The molecule has 0 amide bonds. The normalized spacial score (nSPS) is 16.9. The third-order valence-corrected chi connectivity index (χ3v) is 4.55. The van der Waals surface area contributed by atoms with Crippen LogP contribution in [0.5, 0.6) is 0 Å². The van der Waals surface area contributed by atoms with Gasteiger partial charge >= 0.3 is 0 Å². The maximum absolute atomic E-state index is 14.5. The molecule has 0 aromatic heterocycles. The van der Waals surface area contributed by atoms with Crippen LogP contribution >= 0.6 is 11.6 Å². The van der Waals surface area contributed by atoms with Crippen molar-refractivity contribution >= 4 is 29.5 Å². The van der Waals surface area contributed by atoms with E-state index in [1.165, 1.54) is 29.2 Å². The molecule has 1 atom stereocenters. The van der Waals surface area contributed by atoms with Gasteiger partial charge in [0.1, 0.15) is 18.3 Å². The van der Waals surface area contributed by atoms with Crippen LogP contribution in [0.1, 0.15) is 11.1 Å². The first kappa shape index (κ1) is 20.0. The van der Waals surface area contributed by atoms with E-state index in [4.69, 9.17) is 17.0 Å². The van der Waals surface area contributed by atoms with Crippen LogP contribution in [-0.4, -0.2) is 46.7 Å². The molecular weight excluding hydrogens is 386 g/mol. The maximum atomic E-state index is 14.5. The molecule has 1 aliphatic heterocycles.